The zero-order chi connectivity index (χ0) is 18.3. The van der Waals surface area contributed by atoms with Gasteiger partial charge in [0.15, 0.2) is 11.5 Å². The molecular weight excluding hydrogens is 356 g/mol. The molecule has 4 rings (SSSR count). The second kappa shape index (κ2) is 6.99. The van der Waals surface area contributed by atoms with Crippen molar-refractivity contribution in [1.29, 1.82) is 0 Å². The van der Waals surface area contributed by atoms with Gasteiger partial charge in [0.05, 0.1) is 24.5 Å². The number of hydrogen-bond donors (Lipinski definition) is 0. The Morgan fingerprint density at radius 1 is 1.19 bits per heavy atom. The summed E-state index contributed by atoms with van der Waals surface area (Å²) in [7, 11) is -3.27. The first kappa shape index (κ1) is 18.0. The van der Waals surface area contributed by atoms with Crippen molar-refractivity contribution in [3.8, 4) is 11.5 Å². The largest absolute Gasteiger partial charge is 0.454 e. The molecule has 3 aliphatic rings. The molecule has 0 radical (unpaired) electrons. The van der Waals surface area contributed by atoms with Crippen LogP contribution in [-0.2, 0) is 21.3 Å². The van der Waals surface area contributed by atoms with Crippen LogP contribution in [-0.4, -0.2) is 68.6 Å². The fourth-order valence-electron chi connectivity index (χ4n) is 3.94. The van der Waals surface area contributed by atoms with E-state index in [2.05, 4.69) is 18.7 Å². The van der Waals surface area contributed by atoms with Crippen LogP contribution in [0.15, 0.2) is 18.2 Å². The number of rotatable bonds is 4. The van der Waals surface area contributed by atoms with Crippen molar-refractivity contribution in [2.24, 2.45) is 5.92 Å². The molecule has 0 aliphatic carbocycles. The molecule has 0 spiro atoms. The summed E-state index contributed by atoms with van der Waals surface area (Å²) < 4.78 is 43.7. The normalized spacial score (nSPS) is 28.3. The maximum absolute atomic E-state index is 12.7. The molecule has 2 fully saturated rings. The van der Waals surface area contributed by atoms with E-state index >= 15 is 0 Å². The Bertz CT molecular complexity index is 767. The summed E-state index contributed by atoms with van der Waals surface area (Å²) in [6, 6.07) is 5.85. The van der Waals surface area contributed by atoms with Crippen LogP contribution in [0.3, 0.4) is 0 Å². The molecule has 0 bridgehead atoms. The van der Waals surface area contributed by atoms with Crippen molar-refractivity contribution in [2.45, 2.75) is 32.5 Å². The predicted octanol–water partition coefficient (Wildman–Crippen LogP) is 1.29. The van der Waals surface area contributed by atoms with Gasteiger partial charge in [-0.05, 0) is 23.6 Å². The van der Waals surface area contributed by atoms with E-state index in [0.717, 1.165) is 30.2 Å². The molecule has 0 saturated carbocycles. The van der Waals surface area contributed by atoms with Gasteiger partial charge in [-0.2, -0.15) is 4.31 Å². The molecule has 3 heterocycles. The zero-order valence-electron chi connectivity index (χ0n) is 15.3. The summed E-state index contributed by atoms with van der Waals surface area (Å²) in [6.45, 7) is 7.35. The van der Waals surface area contributed by atoms with Gasteiger partial charge in [0.1, 0.15) is 0 Å². The van der Waals surface area contributed by atoms with E-state index < -0.39 is 10.0 Å². The molecule has 0 amide bonds. The molecule has 3 aliphatic heterocycles. The first-order valence-electron chi connectivity index (χ1n) is 9.14. The lowest BCUT2D eigenvalue weighted by Gasteiger charge is -2.29. The Balaban J connectivity index is 1.50. The Kier molecular flexibility index (Phi) is 4.85. The van der Waals surface area contributed by atoms with Crippen LogP contribution < -0.4 is 9.47 Å². The minimum Gasteiger partial charge on any atom is -0.454 e. The molecule has 0 aromatic heterocycles. The molecule has 0 unspecified atom stereocenters. The Morgan fingerprint density at radius 3 is 2.81 bits per heavy atom. The molecule has 26 heavy (non-hydrogen) atoms. The number of sulfonamides is 1. The second-order valence-electron chi connectivity index (χ2n) is 7.64. The van der Waals surface area contributed by atoms with Gasteiger partial charge in [0.25, 0.3) is 0 Å². The molecule has 2 atom stereocenters. The molecule has 8 heteroatoms. The van der Waals surface area contributed by atoms with Gasteiger partial charge in [0, 0.05) is 26.2 Å². The van der Waals surface area contributed by atoms with Crippen molar-refractivity contribution in [3.05, 3.63) is 23.8 Å². The third-order valence-corrected chi connectivity index (χ3v) is 6.92. The fraction of sp³-hybridized carbons (Fsp3) is 0.667. The number of benzene rings is 1. The summed E-state index contributed by atoms with van der Waals surface area (Å²) in [6.07, 6.45) is -0.0694. The van der Waals surface area contributed by atoms with E-state index in [0.29, 0.717) is 13.1 Å². The van der Waals surface area contributed by atoms with E-state index in [4.69, 9.17) is 14.2 Å². The monoisotopic (exact) mass is 382 g/mol. The summed E-state index contributed by atoms with van der Waals surface area (Å²) in [5.74, 6) is 1.91. The Hall–Kier alpha value is -1.35. The van der Waals surface area contributed by atoms with Gasteiger partial charge in [-0.15, -0.1) is 0 Å². The Morgan fingerprint density at radius 2 is 2.00 bits per heavy atom. The molecule has 0 N–H and O–H groups in total. The fourth-order valence-corrected chi connectivity index (χ4v) is 5.62. The van der Waals surface area contributed by atoms with E-state index in [1.165, 1.54) is 0 Å². The number of nitrogens with zero attached hydrogens (tertiary/aromatic N) is 2. The third kappa shape index (κ3) is 3.55. The van der Waals surface area contributed by atoms with Crippen LogP contribution >= 0.6 is 0 Å². The lowest BCUT2D eigenvalue weighted by molar-refractivity contribution is 0.0454. The van der Waals surface area contributed by atoms with Crippen molar-refractivity contribution in [2.75, 3.05) is 38.8 Å². The number of ether oxygens (including phenoxy) is 3. The van der Waals surface area contributed by atoms with Gasteiger partial charge in [-0.3, -0.25) is 4.90 Å². The van der Waals surface area contributed by atoms with Crippen LogP contribution in [0, 0.1) is 5.92 Å². The predicted molar refractivity (Wildman–Crippen MR) is 96.7 cm³/mol. The van der Waals surface area contributed by atoms with Gasteiger partial charge < -0.3 is 14.2 Å². The number of fused-ring (bicyclic) bond motifs is 2. The highest BCUT2D eigenvalue weighted by Gasteiger charge is 2.44. The highest BCUT2D eigenvalue weighted by atomic mass is 32.2. The highest BCUT2D eigenvalue weighted by molar-refractivity contribution is 7.89. The molecular formula is C18H26N2O5S. The maximum Gasteiger partial charge on any atom is 0.231 e. The van der Waals surface area contributed by atoms with Crippen LogP contribution in [0.25, 0.3) is 0 Å². The quantitative estimate of drug-likeness (QED) is 0.782. The molecule has 2 saturated heterocycles. The average molecular weight is 382 g/mol. The van der Waals surface area contributed by atoms with Crippen LogP contribution in [0.5, 0.6) is 11.5 Å². The molecule has 1 aromatic carbocycles. The van der Waals surface area contributed by atoms with E-state index in [1.54, 1.807) is 4.31 Å². The SMILES string of the molecule is CC(C)CN1[C@@H]2CN(Cc3ccc4c(c3)OCO4)C[C@@H]2OCCS1(=O)=O. The summed E-state index contributed by atoms with van der Waals surface area (Å²) in [5.41, 5.74) is 1.13. The molecule has 144 valence electrons. The zero-order valence-corrected chi connectivity index (χ0v) is 16.1. The second-order valence-corrected chi connectivity index (χ2v) is 9.68. The van der Waals surface area contributed by atoms with Gasteiger partial charge >= 0.3 is 0 Å². The van der Waals surface area contributed by atoms with Gasteiger partial charge in [0.2, 0.25) is 16.8 Å². The smallest absolute Gasteiger partial charge is 0.231 e. The highest BCUT2D eigenvalue weighted by Crippen LogP contribution is 2.33. The molecule has 1 aromatic rings. The first-order valence-corrected chi connectivity index (χ1v) is 10.8. The molecule has 7 nitrogen and oxygen atoms in total. The maximum atomic E-state index is 12.7. The number of hydrogen-bond acceptors (Lipinski definition) is 6. The standard InChI is InChI=1S/C18H26N2O5S/c1-13(2)8-20-15-10-19(11-18(15)23-5-6-26(20,21)22)9-14-3-4-16-17(7-14)25-12-24-16/h3-4,7,13,15,18H,5-6,8-12H2,1-2H3/t15-,18+/m1/s1. The van der Waals surface area contributed by atoms with Crippen molar-refractivity contribution >= 4 is 10.0 Å². The van der Waals surface area contributed by atoms with Gasteiger partial charge in [-0.25, -0.2) is 8.42 Å². The Labute approximate surface area is 154 Å². The topological polar surface area (TPSA) is 68.3 Å². The van der Waals surface area contributed by atoms with Crippen molar-refractivity contribution in [1.82, 2.24) is 9.21 Å². The summed E-state index contributed by atoms with van der Waals surface area (Å²) in [5, 5.41) is 0. The van der Waals surface area contributed by atoms with E-state index in [9.17, 15) is 8.42 Å². The minimum atomic E-state index is -3.27. The number of likely N-dealkylation sites (tertiary alicyclic amines) is 1. The first-order chi connectivity index (χ1) is 12.4. The van der Waals surface area contributed by atoms with Crippen LogP contribution in [0.1, 0.15) is 19.4 Å². The van der Waals surface area contributed by atoms with E-state index in [-0.39, 0.29) is 37.2 Å². The summed E-state index contributed by atoms with van der Waals surface area (Å²) >= 11 is 0. The van der Waals surface area contributed by atoms with Crippen molar-refractivity contribution < 1.29 is 22.6 Å². The van der Waals surface area contributed by atoms with Crippen LogP contribution in [0.2, 0.25) is 0 Å². The van der Waals surface area contributed by atoms with Crippen LogP contribution in [0.4, 0.5) is 0 Å². The van der Waals surface area contributed by atoms with Crippen molar-refractivity contribution in [3.63, 3.8) is 0 Å². The minimum absolute atomic E-state index is 0.0694. The third-order valence-electron chi connectivity index (χ3n) is 5.10. The lowest BCUT2D eigenvalue weighted by Crippen LogP contribution is -2.47. The van der Waals surface area contributed by atoms with E-state index in [1.807, 2.05) is 18.2 Å². The average Bonchev–Trinajstić information content (AvgIpc) is 3.16. The summed E-state index contributed by atoms with van der Waals surface area (Å²) in [4.78, 5) is 2.26. The lowest BCUT2D eigenvalue weighted by atomic mass is 10.1. The van der Waals surface area contributed by atoms with Gasteiger partial charge in [-0.1, -0.05) is 19.9 Å².